The first-order valence-corrected chi connectivity index (χ1v) is 12.8. The number of amides is 1. The highest BCUT2D eigenvalue weighted by molar-refractivity contribution is 7.89. The first-order chi connectivity index (χ1) is 15.9. The van der Waals surface area contributed by atoms with Crippen molar-refractivity contribution in [3.05, 3.63) is 53.8 Å². The predicted molar refractivity (Wildman–Crippen MR) is 119 cm³/mol. The van der Waals surface area contributed by atoms with Gasteiger partial charge in [0.1, 0.15) is 19.0 Å². The lowest BCUT2D eigenvalue weighted by atomic mass is 9.95. The number of piperidine rings is 1. The maximum atomic E-state index is 13.4. The van der Waals surface area contributed by atoms with E-state index in [2.05, 4.69) is 0 Å². The first kappa shape index (κ1) is 22.2. The fraction of sp³-hybridized carbons (Fsp3) is 0.458. The molecule has 0 spiro atoms. The Labute approximate surface area is 193 Å². The molecule has 2 aromatic carbocycles. The number of ether oxygens (including phenoxy) is 2. The van der Waals surface area contributed by atoms with Gasteiger partial charge in [-0.05, 0) is 67.6 Å². The van der Waals surface area contributed by atoms with Gasteiger partial charge in [0.25, 0.3) is 0 Å². The number of hydrogen-bond donors (Lipinski definition) is 0. The number of rotatable bonds is 4. The summed E-state index contributed by atoms with van der Waals surface area (Å²) in [7, 11) is -3.69. The van der Waals surface area contributed by atoms with Crippen molar-refractivity contribution in [3.8, 4) is 11.5 Å². The van der Waals surface area contributed by atoms with E-state index in [0.717, 1.165) is 42.0 Å². The monoisotopic (exact) mass is 474 g/mol. The van der Waals surface area contributed by atoms with E-state index in [1.807, 2.05) is 23.1 Å². The minimum atomic E-state index is -3.69. The van der Waals surface area contributed by atoms with Gasteiger partial charge in [-0.2, -0.15) is 4.31 Å². The van der Waals surface area contributed by atoms with Gasteiger partial charge in [0.15, 0.2) is 11.5 Å². The van der Waals surface area contributed by atoms with Gasteiger partial charge in [-0.3, -0.25) is 4.79 Å². The summed E-state index contributed by atoms with van der Waals surface area (Å²) in [6.07, 6.45) is 2.78. The predicted octanol–water partition coefficient (Wildman–Crippen LogP) is 3.36. The van der Waals surface area contributed by atoms with Crippen molar-refractivity contribution in [1.82, 2.24) is 9.21 Å². The van der Waals surface area contributed by atoms with Crippen LogP contribution in [0.3, 0.4) is 0 Å². The van der Waals surface area contributed by atoms with Gasteiger partial charge in [-0.25, -0.2) is 12.8 Å². The van der Waals surface area contributed by atoms with Crippen molar-refractivity contribution in [2.75, 3.05) is 32.8 Å². The normalized spacial score (nSPS) is 21.8. The van der Waals surface area contributed by atoms with Crippen LogP contribution >= 0.6 is 0 Å². The molecular weight excluding hydrogens is 447 g/mol. The summed E-state index contributed by atoms with van der Waals surface area (Å²) >= 11 is 0. The van der Waals surface area contributed by atoms with Crippen LogP contribution in [0, 0.1) is 11.7 Å². The second-order valence-electron chi connectivity index (χ2n) is 8.73. The van der Waals surface area contributed by atoms with Crippen LogP contribution < -0.4 is 9.47 Å². The molecule has 2 saturated heterocycles. The number of fused-ring (bicyclic) bond motifs is 1. The van der Waals surface area contributed by atoms with Crippen LogP contribution in [0.5, 0.6) is 11.5 Å². The molecule has 0 aromatic heterocycles. The molecule has 0 N–H and O–H groups in total. The van der Waals surface area contributed by atoms with E-state index in [0.29, 0.717) is 32.6 Å². The highest BCUT2D eigenvalue weighted by Gasteiger charge is 2.38. The van der Waals surface area contributed by atoms with E-state index < -0.39 is 15.8 Å². The van der Waals surface area contributed by atoms with Gasteiger partial charge in [-0.15, -0.1) is 0 Å². The number of carbonyl (C=O) groups excluding carboxylic acids is 1. The van der Waals surface area contributed by atoms with Crippen LogP contribution in [0.15, 0.2) is 47.4 Å². The standard InChI is InChI=1S/C24H27FN2O5S/c25-19-4-6-20(7-5-19)33(29,30)26-12-9-17(10-13-26)24(28)27-11-1-2-21(27)18-3-8-22-23(16-18)32-15-14-31-22/h3-8,16-17,21H,1-2,9-15H2/t21-/m1/s1. The Balaban J connectivity index is 1.25. The zero-order chi connectivity index (χ0) is 23.0. The molecule has 33 heavy (non-hydrogen) atoms. The highest BCUT2D eigenvalue weighted by Crippen LogP contribution is 2.39. The maximum Gasteiger partial charge on any atom is 0.243 e. The van der Waals surface area contributed by atoms with Crippen LogP contribution in [-0.4, -0.2) is 56.4 Å². The van der Waals surface area contributed by atoms with Crippen LogP contribution in [0.4, 0.5) is 4.39 Å². The lowest BCUT2D eigenvalue weighted by molar-refractivity contribution is -0.137. The third-order valence-electron chi connectivity index (χ3n) is 6.74. The fourth-order valence-electron chi connectivity index (χ4n) is 4.98. The number of sulfonamides is 1. The fourth-order valence-corrected chi connectivity index (χ4v) is 6.45. The molecule has 176 valence electrons. The van der Waals surface area contributed by atoms with E-state index in [1.54, 1.807) is 0 Å². The average Bonchev–Trinajstić information content (AvgIpc) is 3.34. The summed E-state index contributed by atoms with van der Waals surface area (Å²) in [6.45, 7) is 2.31. The molecular formula is C24H27FN2O5S. The van der Waals surface area contributed by atoms with Crippen molar-refractivity contribution >= 4 is 15.9 Å². The quantitative estimate of drug-likeness (QED) is 0.679. The molecule has 3 heterocycles. The van der Waals surface area contributed by atoms with Crippen molar-refractivity contribution in [3.63, 3.8) is 0 Å². The van der Waals surface area contributed by atoms with Gasteiger partial charge >= 0.3 is 0 Å². The SMILES string of the molecule is O=C(C1CCN(S(=O)(=O)c2ccc(F)cc2)CC1)N1CCC[C@@H]1c1ccc2c(c1)OCCO2. The smallest absolute Gasteiger partial charge is 0.243 e. The maximum absolute atomic E-state index is 13.4. The summed E-state index contributed by atoms with van der Waals surface area (Å²) in [4.78, 5) is 15.4. The van der Waals surface area contributed by atoms with Crippen molar-refractivity contribution in [1.29, 1.82) is 0 Å². The molecule has 0 bridgehead atoms. The number of benzene rings is 2. The van der Waals surface area contributed by atoms with E-state index in [1.165, 1.54) is 16.4 Å². The van der Waals surface area contributed by atoms with Gasteiger partial charge in [0.05, 0.1) is 10.9 Å². The summed E-state index contributed by atoms with van der Waals surface area (Å²) in [5.74, 6) is 0.859. The zero-order valence-corrected chi connectivity index (χ0v) is 19.1. The van der Waals surface area contributed by atoms with Crippen molar-refractivity contribution in [2.45, 2.75) is 36.6 Å². The Morgan fingerprint density at radius 1 is 0.909 bits per heavy atom. The third-order valence-corrected chi connectivity index (χ3v) is 8.65. The molecule has 0 radical (unpaired) electrons. The lowest BCUT2D eigenvalue weighted by Gasteiger charge is -2.34. The topological polar surface area (TPSA) is 76.2 Å². The van der Waals surface area contributed by atoms with Crippen LogP contribution in [0.25, 0.3) is 0 Å². The van der Waals surface area contributed by atoms with Crippen molar-refractivity contribution < 1.29 is 27.1 Å². The molecule has 0 aliphatic carbocycles. The molecule has 3 aliphatic heterocycles. The van der Waals surface area contributed by atoms with Crippen LogP contribution in [-0.2, 0) is 14.8 Å². The minimum absolute atomic E-state index is 0.00527. The van der Waals surface area contributed by atoms with Gasteiger partial charge in [0, 0.05) is 25.6 Å². The van der Waals surface area contributed by atoms with Gasteiger partial charge < -0.3 is 14.4 Å². The number of carbonyl (C=O) groups is 1. The molecule has 5 rings (SSSR count). The number of nitrogens with zero attached hydrogens (tertiary/aromatic N) is 2. The van der Waals surface area contributed by atoms with E-state index in [-0.39, 0.29) is 35.9 Å². The van der Waals surface area contributed by atoms with Crippen LogP contribution in [0.2, 0.25) is 0 Å². The molecule has 2 aromatic rings. The second-order valence-corrected chi connectivity index (χ2v) is 10.7. The summed E-state index contributed by atoms with van der Waals surface area (Å²) in [6, 6.07) is 10.7. The lowest BCUT2D eigenvalue weighted by Crippen LogP contribution is -2.44. The molecule has 9 heteroatoms. The summed E-state index contributed by atoms with van der Waals surface area (Å²) in [5, 5.41) is 0. The Morgan fingerprint density at radius 2 is 1.61 bits per heavy atom. The molecule has 1 atom stereocenters. The van der Waals surface area contributed by atoms with E-state index in [9.17, 15) is 17.6 Å². The molecule has 0 unspecified atom stereocenters. The Hall–Kier alpha value is -2.65. The van der Waals surface area contributed by atoms with Gasteiger partial charge in [-0.1, -0.05) is 6.07 Å². The van der Waals surface area contributed by atoms with Crippen molar-refractivity contribution in [2.24, 2.45) is 5.92 Å². The molecule has 7 nitrogen and oxygen atoms in total. The minimum Gasteiger partial charge on any atom is -0.486 e. The first-order valence-electron chi connectivity index (χ1n) is 11.4. The molecule has 3 aliphatic rings. The summed E-state index contributed by atoms with van der Waals surface area (Å²) < 4.78 is 51.6. The van der Waals surface area contributed by atoms with E-state index >= 15 is 0 Å². The van der Waals surface area contributed by atoms with E-state index in [4.69, 9.17) is 9.47 Å². The van der Waals surface area contributed by atoms with Crippen LogP contribution in [0.1, 0.15) is 37.3 Å². The highest BCUT2D eigenvalue weighted by atomic mass is 32.2. The average molecular weight is 475 g/mol. The molecule has 1 amide bonds. The summed E-state index contributed by atoms with van der Waals surface area (Å²) in [5.41, 5.74) is 1.04. The second kappa shape index (κ2) is 8.95. The third kappa shape index (κ3) is 4.31. The Bertz CT molecular complexity index is 1130. The largest absolute Gasteiger partial charge is 0.486 e. The number of likely N-dealkylation sites (tertiary alicyclic amines) is 1. The number of hydrogen-bond acceptors (Lipinski definition) is 5. The van der Waals surface area contributed by atoms with Gasteiger partial charge in [0.2, 0.25) is 15.9 Å². The Kier molecular flexibility index (Phi) is 6.01. The molecule has 0 saturated carbocycles. The number of halogens is 1. The molecule has 2 fully saturated rings. The Morgan fingerprint density at radius 3 is 2.33 bits per heavy atom. The zero-order valence-electron chi connectivity index (χ0n) is 18.3.